The van der Waals surface area contributed by atoms with Gasteiger partial charge in [-0.3, -0.25) is 9.89 Å². The monoisotopic (exact) mass is 389 g/mol. The number of aromatic amines is 1. The minimum atomic E-state index is -0.391. The SMILES string of the molecule is Cc1cnc(CC(=O)Nc2cc([C@H]3CC[C@@H](OC(=O)NC(C)(C)C)C3)[nH]n2)o1. The van der Waals surface area contributed by atoms with Crippen LogP contribution in [0.25, 0.3) is 0 Å². The first-order chi connectivity index (χ1) is 13.2. The molecule has 2 atom stereocenters. The standard InChI is InChI=1S/C19H27N5O4/c1-11-10-20-17(27-11)9-16(25)21-15-8-14(23-24-15)12-5-6-13(7-12)28-18(26)22-19(2,3)4/h8,10,12-13H,5-7,9H2,1-4H3,(H,22,26)(H2,21,23,24,25)/t12-,13+/m0/s1. The lowest BCUT2D eigenvalue weighted by Gasteiger charge is -2.22. The summed E-state index contributed by atoms with van der Waals surface area (Å²) in [5.41, 5.74) is 0.597. The molecular weight excluding hydrogens is 362 g/mol. The van der Waals surface area contributed by atoms with Crippen molar-refractivity contribution in [3.63, 3.8) is 0 Å². The maximum atomic E-state index is 12.1. The van der Waals surface area contributed by atoms with Crippen molar-refractivity contribution in [3.8, 4) is 0 Å². The summed E-state index contributed by atoms with van der Waals surface area (Å²) in [6, 6.07) is 1.82. The summed E-state index contributed by atoms with van der Waals surface area (Å²) in [4.78, 5) is 28.0. The second-order valence-electron chi connectivity index (χ2n) is 8.21. The molecule has 0 aliphatic heterocycles. The minimum absolute atomic E-state index is 0.0538. The largest absolute Gasteiger partial charge is 0.446 e. The molecule has 1 fully saturated rings. The number of nitrogens with one attached hydrogen (secondary N) is 3. The van der Waals surface area contributed by atoms with Crippen molar-refractivity contribution in [2.24, 2.45) is 0 Å². The summed E-state index contributed by atoms with van der Waals surface area (Å²) in [7, 11) is 0. The van der Waals surface area contributed by atoms with E-state index in [0.29, 0.717) is 17.5 Å². The first kappa shape index (κ1) is 19.9. The zero-order valence-corrected chi connectivity index (χ0v) is 16.7. The van der Waals surface area contributed by atoms with Crippen LogP contribution in [0.15, 0.2) is 16.7 Å². The smallest absolute Gasteiger partial charge is 0.407 e. The lowest BCUT2D eigenvalue weighted by Crippen LogP contribution is -2.42. The van der Waals surface area contributed by atoms with E-state index in [4.69, 9.17) is 9.15 Å². The van der Waals surface area contributed by atoms with Crippen LogP contribution in [-0.2, 0) is 16.0 Å². The van der Waals surface area contributed by atoms with Crippen molar-refractivity contribution in [2.75, 3.05) is 5.32 Å². The van der Waals surface area contributed by atoms with Gasteiger partial charge < -0.3 is 19.8 Å². The fraction of sp³-hybridized carbons (Fsp3) is 0.579. The van der Waals surface area contributed by atoms with E-state index >= 15 is 0 Å². The summed E-state index contributed by atoms with van der Waals surface area (Å²) in [5, 5.41) is 12.7. The topological polar surface area (TPSA) is 122 Å². The molecule has 2 aromatic rings. The van der Waals surface area contributed by atoms with Gasteiger partial charge in [0.15, 0.2) is 5.82 Å². The van der Waals surface area contributed by atoms with Crippen LogP contribution in [0.3, 0.4) is 0 Å². The molecule has 152 valence electrons. The van der Waals surface area contributed by atoms with E-state index in [9.17, 15) is 9.59 Å². The number of nitrogens with zero attached hydrogens (tertiary/aromatic N) is 2. The summed E-state index contributed by atoms with van der Waals surface area (Å²) < 4.78 is 10.8. The van der Waals surface area contributed by atoms with E-state index in [2.05, 4.69) is 25.8 Å². The molecular formula is C19H27N5O4. The van der Waals surface area contributed by atoms with Crippen LogP contribution in [-0.4, -0.2) is 38.8 Å². The first-order valence-electron chi connectivity index (χ1n) is 9.43. The molecule has 2 aromatic heterocycles. The van der Waals surface area contributed by atoms with Crippen LogP contribution in [0.4, 0.5) is 10.6 Å². The van der Waals surface area contributed by atoms with E-state index in [1.54, 1.807) is 13.1 Å². The predicted octanol–water partition coefficient (Wildman–Crippen LogP) is 3.05. The van der Waals surface area contributed by atoms with Crippen molar-refractivity contribution in [2.45, 2.75) is 70.9 Å². The summed E-state index contributed by atoms with van der Waals surface area (Å²) in [5.74, 6) is 1.46. The Balaban J connectivity index is 1.49. The van der Waals surface area contributed by atoms with E-state index < -0.39 is 6.09 Å². The van der Waals surface area contributed by atoms with Gasteiger partial charge in [0, 0.05) is 23.2 Å². The second kappa shape index (κ2) is 8.04. The third kappa shape index (κ3) is 5.58. The number of oxazole rings is 1. The molecule has 1 saturated carbocycles. The van der Waals surface area contributed by atoms with Gasteiger partial charge in [-0.05, 0) is 47.0 Å². The maximum absolute atomic E-state index is 12.1. The highest BCUT2D eigenvalue weighted by atomic mass is 16.6. The number of carbonyl (C=O) groups is 2. The molecule has 2 heterocycles. The van der Waals surface area contributed by atoms with Crippen molar-refractivity contribution < 1.29 is 18.7 Å². The van der Waals surface area contributed by atoms with Gasteiger partial charge in [-0.2, -0.15) is 5.10 Å². The predicted molar refractivity (Wildman–Crippen MR) is 102 cm³/mol. The Morgan fingerprint density at radius 3 is 2.82 bits per heavy atom. The Bertz CT molecular complexity index is 835. The Morgan fingerprint density at radius 2 is 2.14 bits per heavy atom. The highest BCUT2D eigenvalue weighted by Gasteiger charge is 2.30. The summed E-state index contributed by atoms with van der Waals surface area (Å²) in [6.07, 6.45) is 3.53. The normalized spacial score (nSPS) is 19.4. The maximum Gasteiger partial charge on any atom is 0.407 e. The highest BCUT2D eigenvalue weighted by Crippen LogP contribution is 2.35. The van der Waals surface area contributed by atoms with Crippen LogP contribution >= 0.6 is 0 Å². The van der Waals surface area contributed by atoms with Crippen LogP contribution in [0.2, 0.25) is 0 Å². The van der Waals surface area contributed by atoms with E-state index in [1.165, 1.54) is 0 Å². The van der Waals surface area contributed by atoms with Crippen LogP contribution in [0, 0.1) is 6.92 Å². The van der Waals surface area contributed by atoms with Gasteiger partial charge in [-0.25, -0.2) is 9.78 Å². The minimum Gasteiger partial charge on any atom is -0.446 e. The fourth-order valence-electron chi connectivity index (χ4n) is 3.23. The molecule has 0 bridgehead atoms. The van der Waals surface area contributed by atoms with Crippen molar-refractivity contribution >= 4 is 17.8 Å². The highest BCUT2D eigenvalue weighted by molar-refractivity contribution is 5.90. The molecule has 0 saturated heterocycles. The lowest BCUT2D eigenvalue weighted by molar-refractivity contribution is -0.115. The number of aryl methyl sites for hydroxylation is 1. The fourth-order valence-corrected chi connectivity index (χ4v) is 3.23. The zero-order chi connectivity index (χ0) is 20.3. The number of anilines is 1. The van der Waals surface area contributed by atoms with Gasteiger partial charge >= 0.3 is 6.09 Å². The summed E-state index contributed by atoms with van der Waals surface area (Å²) in [6.45, 7) is 7.51. The van der Waals surface area contributed by atoms with E-state index in [1.807, 2.05) is 26.8 Å². The van der Waals surface area contributed by atoms with Crippen LogP contribution < -0.4 is 10.6 Å². The number of ether oxygens (including phenoxy) is 1. The van der Waals surface area contributed by atoms with Crippen molar-refractivity contribution in [1.29, 1.82) is 0 Å². The average Bonchev–Trinajstić information content (AvgIpc) is 3.27. The third-order valence-corrected chi connectivity index (χ3v) is 4.42. The number of amides is 2. The van der Waals surface area contributed by atoms with Gasteiger partial charge in [-0.15, -0.1) is 0 Å². The van der Waals surface area contributed by atoms with E-state index in [-0.39, 0.29) is 29.9 Å². The molecule has 9 heteroatoms. The molecule has 3 rings (SSSR count). The Hall–Kier alpha value is -2.84. The van der Waals surface area contributed by atoms with E-state index in [0.717, 1.165) is 25.0 Å². The molecule has 0 unspecified atom stereocenters. The second-order valence-corrected chi connectivity index (χ2v) is 8.21. The van der Waals surface area contributed by atoms with Crippen LogP contribution in [0.5, 0.6) is 0 Å². The van der Waals surface area contributed by atoms with Gasteiger partial charge in [0.2, 0.25) is 11.8 Å². The van der Waals surface area contributed by atoms with Gasteiger partial charge in [0.05, 0.1) is 6.20 Å². The average molecular weight is 389 g/mol. The number of hydrogen-bond acceptors (Lipinski definition) is 6. The van der Waals surface area contributed by atoms with Crippen LogP contribution in [0.1, 0.15) is 63.3 Å². The Kier molecular flexibility index (Phi) is 5.71. The van der Waals surface area contributed by atoms with Gasteiger partial charge in [0.25, 0.3) is 0 Å². The number of hydrogen-bond donors (Lipinski definition) is 3. The van der Waals surface area contributed by atoms with Gasteiger partial charge in [-0.1, -0.05) is 0 Å². The summed E-state index contributed by atoms with van der Waals surface area (Å²) >= 11 is 0. The molecule has 9 nitrogen and oxygen atoms in total. The van der Waals surface area contributed by atoms with Crippen molar-refractivity contribution in [3.05, 3.63) is 29.6 Å². The van der Waals surface area contributed by atoms with Crippen molar-refractivity contribution in [1.82, 2.24) is 20.5 Å². The first-order valence-corrected chi connectivity index (χ1v) is 9.43. The Morgan fingerprint density at radius 1 is 1.36 bits per heavy atom. The quantitative estimate of drug-likeness (QED) is 0.722. The molecule has 3 N–H and O–H groups in total. The number of carbonyl (C=O) groups excluding carboxylic acids is 2. The molecule has 2 amide bonds. The number of rotatable bonds is 5. The molecule has 1 aliphatic carbocycles. The van der Waals surface area contributed by atoms with Gasteiger partial charge in [0.1, 0.15) is 18.3 Å². The lowest BCUT2D eigenvalue weighted by atomic mass is 10.0. The molecule has 28 heavy (non-hydrogen) atoms. The molecule has 0 aromatic carbocycles. The molecule has 1 aliphatic rings. The molecule has 0 radical (unpaired) electrons. The Labute approximate surface area is 163 Å². The molecule has 0 spiro atoms. The number of H-pyrrole nitrogens is 1. The third-order valence-electron chi connectivity index (χ3n) is 4.42. The number of aromatic nitrogens is 3. The number of alkyl carbamates (subject to hydrolysis) is 1. The zero-order valence-electron chi connectivity index (χ0n) is 16.7.